The summed E-state index contributed by atoms with van der Waals surface area (Å²) in [6.07, 6.45) is 0.348. The topological polar surface area (TPSA) is 55.1 Å². The van der Waals surface area contributed by atoms with E-state index in [1.807, 2.05) is 56.3 Å². The number of carbonyl (C=O) groups excluding carboxylic acids is 1. The van der Waals surface area contributed by atoms with Gasteiger partial charge in [0.15, 0.2) is 0 Å². The minimum Gasteiger partial charge on any atom is -0.326 e. The molecule has 0 aromatic heterocycles. The number of rotatable bonds is 4. The van der Waals surface area contributed by atoms with Crippen molar-refractivity contribution in [3.05, 3.63) is 64.7 Å². The van der Waals surface area contributed by atoms with Crippen molar-refractivity contribution in [2.45, 2.75) is 26.8 Å². The quantitative estimate of drug-likeness (QED) is 0.895. The van der Waals surface area contributed by atoms with Crippen molar-refractivity contribution in [3.8, 4) is 0 Å². The third-order valence-electron chi connectivity index (χ3n) is 3.43. The van der Waals surface area contributed by atoms with E-state index < -0.39 is 0 Å². The van der Waals surface area contributed by atoms with E-state index in [4.69, 9.17) is 5.73 Å². The Kier molecular flexibility index (Phi) is 4.53. The zero-order chi connectivity index (χ0) is 14.5. The maximum atomic E-state index is 12.2. The van der Waals surface area contributed by atoms with E-state index >= 15 is 0 Å². The van der Waals surface area contributed by atoms with Gasteiger partial charge in [-0.15, -0.1) is 0 Å². The van der Waals surface area contributed by atoms with Crippen LogP contribution in [-0.4, -0.2) is 5.91 Å². The fraction of sp³-hybridized carbons (Fsp3) is 0.235. The molecular weight excluding hydrogens is 248 g/mol. The summed E-state index contributed by atoms with van der Waals surface area (Å²) >= 11 is 0. The molecule has 3 N–H and O–H groups in total. The summed E-state index contributed by atoms with van der Waals surface area (Å²) in [6.45, 7) is 4.44. The predicted molar refractivity (Wildman–Crippen MR) is 82.6 cm³/mol. The highest BCUT2D eigenvalue weighted by atomic mass is 16.1. The first-order chi connectivity index (χ1) is 9.61. The standard InChI is InChI=1S/C17H20N2O/c1-12-6-5-7-13(2)17(12)19-16(20)10-14-8-3-4-9-15(14)11-18/h3-9H,10-11,18H2,1-2H3,(H,19,20). The number of hydrogen-bond acceptors (Lipinski definition) is 2. The molecule has 3 nitrogen and oxygen atoms in total. The van der Waals surface area contributed by atoms with Crippen molar-refractivity contribution in [3.63, 3.8) is 0 Å². The van der Waals surface area contributed by atoms with Crippen LogP contribution >= 0.6 is 0 Å². The first kappa shape index (κ1) is 14.3. The van der Waals surface area contributed by atoms with Crippen LogP contribution < -0.4 is 11.1 Å². The SMILES string of the molecule is Cc1cccc(C)c1NC(=O)Cc1ccccc1CN. The Bertz CT molecular complexity index is 600. The summed E-state index contributed by atoms with van der Waals surface area (Å²) in [6, 6.07) is 13.8. The van der Waals surface area contributed by atoms with Gasteiger partial charge in [0, 0.05) is 12.2 Å². The maximum Gasteiger partial charge on any atom is 0.228 e. The first-order valence-electron chi connectivity index (χ1n) is 6.74. The fourth-order valence-corrected chi connectivity index (χ4v) is 2.30. The second kappa shape index (κ2) is 6.35. The van der Waals surface area contributed by atoms with Gasteiger partial charge in [-0.3, -0.25) is 4.79 Å². The molecule has 0 saturated carbocycles. The zero-order valence-corrected chi connectivity index (χ0v) is 11.9. The molecule has 0 aliphatic rings. The molecule has 1 amide bonds. The van der Waals surface area contributed by atoms with Crippen molar-refractivity contribution in [2.24, 2.45) is 5.73 Å². The summed E-state index contributed by atoms with van der Waals surface area (Å²) in [5.41, 5.74) is 10.8. The van der Waals surface area contributed by atoms with E-state index in [0.717, 1.165) is 27.9 Å². The van der Waals surface area contributed by atoms with Crippen LogP contribution in [0.1, 0.15) is 22.3 Å². The molecule has 0 fully saturated rings. The fourth-order valence-electron chi connectivity index (χ4n) is 2.30. The summed E-state index contributed by atoms with van der Waals surface area (Å²) in [5, 5.41) is 3.00. The first-order valence-corrected chi connectivity index (χ1v) is 6.74. The average molecular weight is 268 g/mol. The summed E-state index contributed by atoms with van der Waals surface area (Å²) in [4.78, 5) is 12.2. The van der Waals surface area contributed by atoms with Gasteiger partial charge >= 0.3 is 0 Å². The Labute approximate surface area is 119 Å². The summed E-state index contributed by atoms with van der Waals surface area (Å²) < 4.78 is 0. The number of anilines is 1. The Hall–Kier alpha value is -2.13. The number of nitrogens with one attached hydrogen (secondary N) is 1. The highest BCUT2D eigenvalue weighted by Crippen LogP contribution is 2.20. The van der Waals surface area contributed by atoms with E-state index in [-0.39, 0.29) is 5.91 Å². The van der Waals surface area contributed by atoms with Crippen molar-refractivity contribution in [1.29, 1.82) is 0 Å². The van der Waals surface area contributed by atoms with Crippen LogP contribution in [0.15, 0.2) is 42.5 Å². The van der Waals surface area contributed by atoms with Gasteiger partial charge in [-0.2, -0.15) is 0 Å². The summed E-state index contributed by atoms with van der Waals surface area (Å²) in [5.74, 6) is -0.0108. The molecule has 104 valence electrons. The third-order valence-corrected chi connectivity index (χ3v) is 3.43. The van der Waals surface area contributed by atoms with Crippen molar-refractivity contribution in [2.75, 3.05) is 5.32 Å². The lowest BCUT2D eigenvalue weighted by molar-refractivity contribution is -0.115. The Balaban J connectivity index is 2.13. The number of nitrogens with two attached hydrogens (primary N) is 1. The molecule has 0 unspecified atom stereocenters. The Morgan fingerprint density at radius 1 is 1.00 bits per heavy atom. The molecule has 0 radical (unpaired) electrons. The highest BCUT2D eigenvalue weighted by molar-refractivity contribution is 5.93. The normalized spacial score (nSPS) is 10.3. The van der Waals surface area contributed by atoms with Gasteiger partial charge < -0.3 is 11.1 Å². The lowest BCUT2D eigenvalue weighted by atomic mass is 10.0. The van der Waals surface area contributed by atoms with Crippen molar-refractivity contribution >= 4 is 11.6 Å². The molecule has 0 atom stereocenters. The maximum absolute atomic E-state index is 12.2. The van der Waals surface area contributed by atoms with E-state index in [2.05, 4.69) is 5.32 Å². The van der Waals surface area contributed by atoms with Crippen LogP contribution in [0.5, 0.6) is 0 Å². The molecule has 3 heteroatoms. The number of para-hydroxylation sites is 1. The molecule has 0 aliphatic carbocycles. The van der Waals surface area contributed by atoms with Crippen LogP contribution in [0, 0.1) is 13.8 Å². The van der Waals surface area contributed by atoms with Crippen molar-refractivity contribution < 1.29 is 4.79 Å². The lowest BCUT2D eigenvalue weighted by Crippen LogP contribution is -2.17. The van der Waals surface area contributed by atoms with Crippen molar-refractivity contribution in [1.82, 2.24) is 0 Å². The van der Waals surface area contributed by atoms with E-state index in [1.54, 1.807) is 0 Å². The van der Waals surface area contributed by atoms with E-state index in [0.29, 0.717) is 13.0 Å². The van der Waals surface area contributed by atoms with Crippen LogP contribution in [-0.2, 0) is 17.8 Å². The molecule has 0 spiro atoms. The van der Waals surface area contributed by atoms with Crippen LogP contribution in [0.4, 0.5) is 5.69 Å². The predicted octanol–water partition coefficient (Wildman–Crippen LogP) is 2.94. The molecule has 0 saturated heterocycles. The van der Waals surface area contributed by atoms with Gasteiger partial charge in [-0.25, -0.2) is 0 Å². The molecular formula is C17H20N2O. The number of hydrogen-bond donors (Lipinski definition) is 2. The van der Waals surface area contributed by atoms with Gasteiger partial charge in [0.05, 0.1) is 6.42 Å². The van der Waals surface area contributed by atoms with Gasteiger partial charge in [0.25, 0.3) is 0 Å². The lowest BCUT2D eigenvalue weighted by Gasteiger charge is -2.12. The second-order valence-electron chi connectivity index (χ2n) is 4.96. The molecule has 0 heterocycles. The molecule has 2 aromatic rings. The minimum absolute atomic E-state index is 0.0108. The number of carbonyl (C=O) groups is 1. The summed E-state index contributed by atoms with van der Waals surface area (Å²) in [7, 11) is 0. The smallest absolute Gasteiger partial charge is 0.228 e. The molecule has 2 rings (SSSR count). The van der Waals surface area contributed by atoms with Crippen LogP contribution in [0.25, 0.3) is 0 Å². The van der Waals surface area contributed by atoms with E-state index in [9.17, 15) is 4.79 Å². The van der Waals surface area contributed by atoms with Gasteiger partial charge in [-0.05, 0) is 36.1 Å². The second-order valence-corrected chi connectivity index (χ2v) is 4.96. The molecule has 0 aliphatic heterocycles. The van der Waals surface area contributed by atoms with E-state index in [1.165, 1.54) is 0 Å². The Morgan fingerprint density at radius 3 is 2.20 bits per heavy atom. The number of aryl methyl sites for hydroxylation is 2. The van der Waals surface area contributed by atoms with Gasteiger partial charge in [-0.1, -0.05) is 42.5 Å². The monoisotopic (exact) mass is 268 g/mol. The largest absolute Gasteiger partial charge is 0.326 e. The van der Waals surface area contributed by atoms with Gasteiger partial charge in [0.2, 0.25) is 5.91 Å². The molecule has 0 bridgehead atoms. The van der Waals surface area contributed by atoms with Crippen LogP contribution in [0.3, 0.4) is 0 Å². The van der Waals surface area contributed by atoms with Crippen LogP contribution in [0.2, 0.25) is 0 Å². The average Bonchev–Trinajstić information content (AvgIpc) is 2.44. The number of benzene rings is 2. The molecule has 2 aromatic carbocycles. The third kappa shape index (κ3) is 3.25. The molecule has 20 heavy (non-hydrogen) atoms. The highest BCUT2D eigenvalue weighted by Gasteiger charge is 2.09. The Morgan fingerprint density at radius 2 is 1.60 bits per heavy atom. The zero-order valence-electron chi connectivity index (χ0n) is 11.9. The number of amides is 1. The minimum atomic E-state index is -0.0108. The van der Waals surface area contributed by atoms with Gasteiger partial charge in [0.1, 0.15) is 0 Å².